The number of amides is 2. The molecule has 0 bridgehead atoms. The van der Waals surface area contributed by atoms with Crippen LogP contribution in [-0.2, 0) is 9.53 Å². The highest BCUT2D eigenvalue weighted by Gasteiger charge is 2.39. The van der Waals surface area contributed by atoms with Crippen molar-refractivity contribution in [1.29, 1.82) is 0 Å². The maximum absolute atomic E-state index is 12.5. The molecule has 1 heterocycles. The molecule has 0 spiro atoms. The van der Waals surface area contributed by atoms with E-state index >= 15 is 0 Å². The van der Waals surface area contributed by atoms with E-state index in [1.54, 1.807) is 19.0 Å². The van der Waals surface area contributed by atoms with Crippen molar-refractivity contribution in [3.8, 4) is 0 Å². The third-order valence-corrected chi connectivity index (χ3v) is 4.75. The van der Waals surface area contributed by atoms with Gasteiger partial charge in [-0.2, -0.15) is 0 Å². The van der Waals surface area contributed by atoms with E-state index in [2.05, 4.69) is 0 Å². The minimum absolute atomic E-state index is 0.109. The van der Waals surface area contributed by atoms with Gasteiger partial charge in [0, 0.05) is 20.6 Å². The molecule has 0 radical (unpaired) electrons. The van der Waals surface area contributed by atoms with Gasteiger partial charge in [0.2, 0.25) is 0 Å². The Morgan fingerprint density at radius 2 is 1.81 bits per heavy atom. The van der Waals surface area contributed by atoms with Crippen molar-refractivity contribution in [2.75, 3.05) is 33.9 Å². The second-order valence-electron chi connectivity index (χ2n) is 6.33. The van der Waals surface area contributed by atoms with Gasteiger partial charge in [-0.05, 0) is 18.8 Å². The van der Waals surface area contributed by atoms with Crippen LogP contribution >= 0.6 is 0 Å². The Kier molecular flexibility index (Phi) is 5.45. The maximum atomic E-state index is 12.5. The summed E-state index contributed by atoms with van der Waals surface area (Å²) in [4.78, 5) is 26.9. The number of likely N-dealkylation sites (N-methyl/N-ethyl adjacent to an activating group) is 1. The van der Waals surface area contributed by atoms with Crippen LogP contribution in [0.5, 0.6) is 0 Å². The van der Waals surface area contributed by atoms with E-state index < -0.39 is 11.9 Å². The number of aliphatic carboxylic acids is 1. The molecular formula is C15H26N2O4. The summed E-state index contributed by atoms with van der Waals surface area (Å²) in [5, 5.41) is 9.18. The zero-order valence-corrected chi connectivity index (χ0v) is 13.0. The molecule has 2 rings (SSSR count). The topological polar surface area (TPSA) is 70.1 Å². The van der Waals surface area contributed by atoms with E-state index in [4.69, 9.17) is 4.74 Å². The van der Waals surface area contributed by atoms with Crippen LogP contribution in [-0.4, -0.2) is 66.8 Å². The summed E-state index contributed by atoms with van der Waals surface area (Å²) in [7, 11) is 3.48. The third kappa shape index (κ3) is 3.87. The summed E-state index contributed by atoms with van der Waals surface area (Å²) in [5.41, 5.74) is 0. The predicted molar refractivity (Wildman–Crippen MR) is 78.1 cm³/mol. The second-order valence-corrected chi connectivity index (χ2v) is 6.33. The van der Waals surface area contributed by atoms with Gasteiger partial charge < -0.3 is 19.6 Å². The van der Waals surface area contributed by atoms with Gasteiger partial charge in [0.25, 0.3) is 0 Å². The van der Waals surface area contributed by atoms with Crippen molar-refractivity contribution in [3.63, 3.8) is 0 Å². The molecule has 0 aromatic rings. The first-order valence-corrected chi connectivity index (χ1v) is 7.79. The Hall–Kier alpha value is -1.30. The number of ether oxygens (including phenoxy) is 1. The van der Waals surface area contributed by atoms with E-state index in [9.17, 15) is 14.7 Å². The quantitative estimate of drug-likeness (QED) is 0.857. The lowest BCUT2D eigenvalue weighted by Crippen LogP contribution is -2.49. The highest BCUT2D eigenvalue weighted by atomic mass is 16.5. The lowest BCUT2D eigenvalue weighted by molar-refractivity contribution is -0.142. The maximum Gasteiger partial charge on any atom is 0.319 e. The van der Waals surface area contributed by atoms with Gasteiger partial charge in [0.15, 0.2) is 0 Å². The molecule has 1 N–H and O–H groups in total. The van der Waals surface area contributed by atoms with Crippen molar-refractivity contribution in [1.82, 2.24) is 9.80 Å². The first-order valence-electron chi connectivity index (χ1n) is 7.79. The van der Waals surface area contributed by atoms with Gasteiger partial charge in [0.05, 0.1) is 19.3 Å². The molecule has 0 aromatic carbocycles. The highest BCUT2D eigenvalue weighted by Crippen LogP contribution is 2.25. The highest BCUT2D eigenvalue weighted by molar-refractivity contribution is 5.77. The summed E-state index contributed by atoms with van der Waals surface area (Å²) >= 11 is 0. The molecule has 2 amide bonds. The fourth-order valence-corrected chi connectivity index (χ4v) is 3.41. The summed E-state index contributed by atoms with van der Waals surface area (Å²) < 4.78 is 5.24. The van der Waals surface area contributed by atoms with E-state index in [1.807, 2.05) is 0 Å². The van der Waals surface area contributed by atoms with Crippen LogP contribution in [0.25, 0.3) is 0 Å². The van der Waals surface area contributed by atoms with E-state index in [-0.39, 0.29) is 18.7 Å². The second kappa shape index (κ2) is 7.11. The Morgan fingerprint density at radius 1 is 1.14 bits per heavy atom. The number of urea groups is 1. The van der Waals surface area contributed by atoms with Crippen LogP contribution in [0.2, 0.25) is 0 Å². The number of carboxylic acids is 1. The molecular weight excluding hydrogens is 272 g/mol. The number of rotatable bonds is 4. The number of carbonyl (C=O) groups is 2. The van der Waals surface area contributed by atoms with Gasteiger partial charge in [-0.1, -0.05) is 19.3 Å². The van der Waals surface area contributed by atoms with Gasteiger partial charge in [-0.3, -0.25) is 4.79 Å². The largest absolute Gasteiger partial charge is 0.481 e. The van der Waals surface area contributed by atoms with Gasteiger partial charge in [-0.25, -0.2) is 4.79 Å². The monoisotopic (exact) mass is 298 g/mol. The van der Waals surface area contributed by atoms with Crippen molar-refractivity contribution in [2.45, 2.75) is 38.1 Å². The van der Waals surface area contributed by atoms with Crippen LogP contribution in [0, 0.1) is 11.8 Å². The van der Waals surface area contributed by atoms with E-state index in [0.29, 0.717) is 12.5 Å². The van der Waals surface area contributed by atoms with Crippen LogP contribution in [0.3, 0.4) is 0 Å². The lowest BCUT2D eigenvalue weighted by Gasteiger charge is -2.33. The SMILES string of the molecule is CN(CC1CCCCC1)C(=O)N(C)C1COCC1C(=O)O. The van der Waals surface area contributed by atoms with Crippen molar-refractivity contribution < 1.29 is 19.4 Å². The predicted octanol–water partition coefficient (Wildman–Crippen LogP) is 1.65. The van der Waals surface area contributed by atoms with E-state index in [0.717, 1.165) is 6.54 Å². The Bertz CT molecular complexity index is 382. The first-order chi connectivity index (χ1) is 10.0. The molecule has 2 aliphatic rings. The normalized spacial score (nSPS) is 26.6. The Morgan fingerprint density at radius 3 is 2.43 bits per heavy atom. The minimum Gasteiger partial charge on any atom is -0.481 e. The summed E-state index contributed by atoms with van der Waals surface area (Å²) in [6, 6.07) is -0.480. The molecule has 0 aromatic heterocycles. The molecule has 2 fully saturated rings. The van der Waals surface area contributed by atoms with Crippen LogP contribution < -0.4 is 0 Å². The van der Waals surface area contributed by atoms with E-state index in [1.165, 1.54) is 37.0 Å². The zero-order valence-electron chi connectivity index (χ0n) is 13.0. The average Bonchev–Trinajstić information content (AvgIpc) is 2.96. The number of carbonyl (C=O) groups excluding carboxylic acids is 1. The van der Waals surface area contributed by atoms with Crippen LogP contribution in [0.15, 0.2) is 0 Å². The Labute approximate surface area is 126 Å². The van der Waals surface area contributed by atoms with Gasteiger partial charge in [-0.15, -0.1) is 0 Å². The minimum atomic E-state index is -0.896. The molecule has 1 saturated carbocycles. The summed E-state index contributed by atoms with van der Waals surface area (Å²) in [6.45, 7) is 1.24. The molecule has 2 atom stereocenters. The fraction of sp³-hybridized carbons (Fsp3) is 0.867. The molecule has 1 aliphatic heterocycles. The standard InChI is InChI=1S/C15H26N2O4/c1-16(8-11-6-4-3-5-7-11)15(20)17(2)13-10-21-9-12(13)14(18)19/h11-13H,3-10H2,1-2H3,(H,18,19). The van der Waals surface area contributed by atoms with Crippen molar-refractivity contribution in [2.24, 2.45) is 11.8 Å². The molecule has 6 nitrogen and oxygen atoms in total. The molecule has 120 valence electrons. The molecule has 21 heavy (non-hydrogen) atoms. The first kappa shape index (κ1) is 16.1. The summed E-state index contributed by atoms with van der Waals surface area (Å²) in [6.07, 6.45) is 6.17. The Balaban J connectivity index is 1.89. The molecule has 2 unspecified atom stereocenters. The van der Waals surface area contributed by atoms with Crippen LogP contribution in [0.4, 0.5) is 4.79 Å². The number of nitrogens with zero attached hydrogens (tertiary/aromatic N) is 2. The van der Waals surface area contributed by atoms with Gasteiger partial charge in [0.1, 0.15) is 5.92 Å². The fourth-order valence-electron chi connectivity index (χ4n) is 3.41. The molecule has 1 aliphatic carbocycles. The molecule has 1 saturated heterocycles. The zero-order chi connectivity index (χ0) is 15.4. The number of hydrogen-bond acceptors (Lipinski definition) is 3. The molecule has 6 heteroatoms. The van der Waals surface area contributed by atoms with Crippen LogP contribution in [0.1, 0.15) is 32.1 Å². The number of carboxylic acid groups (broad SMARTS) is 1. The smallest absolute Gasteiger partial charge is 0.319 e. The van der Waals surface area contributed by atoms with Crippen molar-refractivity contribution >= 4 is 12.0 Å². The average molecular weight is 298 g/mol. The summed E-state index contributed by atoms with van der Waals surface area (Å²) in [5.74, 6) is -0.940. The van der Waals surface area contributed by atoms with Gasteiger partial charge >= 0.3 is 12.0 Å². The lowest BCUT2D eigenvalue weighted by atomic mass is 9.89. The third-order valence-electron chi connectivity index (χ3n) is 4.75. The number of hydrogen-bond donors (Lipinski definition) is 1. The van der Waals surface area contributed by atoms with Crippen molar-refractivity contribution in [3.05, 3.63) is 0 Å².